The van der Waals surface area contributed by atoms with Gasteiger partial charge in [-0.1, -0.05) is 11.6 Å². The van der Waals surface area contributed by atoms with Gasteiger partial charge in [0.15, 0.2) is 6.10 Å². The lowest BCUT2D eigenvalue weighted by molar-refractivity contribution is -0.141. The molecule has 37 heavy (non-hydrogen) atoms. The Labute approximate surface area is 216 Å². The maximum absolute atomic E-state index is 13.0. The summed E-state index contributed by atoms with van der Waals surface area (Å²) in [6, 6.07) is 6.71. The minimum Gasteiger partial charge on any atom is -0.480 e. The molecule has 1 aliphatic carbocycles. The lowest BCUT2D eigenvalue weighted by Crippen LogP contribution is -2.49. The highest BCUT2D eigenvalue weighted by atomic mass is 35.5. The van der Waals surface area contributed by atoms with Crippen molar-refractivity contribution >= 4 is 29.2 Å². The van der Waals surface area contributed by atoms with Gasteiger partial charge in [-0.3, -0.25) is 9.69 Å². The predicted octanol–water partition coefficient (Wildman–Crippen LogP) is 4.31. The first-order chi connectivity index (χ1) is 17.6. The van der Waals surface area contributed by atoms with Gasteiger partial charge in [0.25, 0.3) is 5.91 Å². The SMILES string of the molecule is O=C(N[C@H]1CC[C@H](N2CCN(c3ccc(C(F)(F)F)nc3)C2=O)CC1)[C@H]1C[C@@H](O)c2cc(Cl)ccc2O1. The average Bonchev–Trinajstić information content (AvgIpc) is 3.25. The molecule has 8 nitrogen and oxygen atoms in total. The molecule has 3 aliphatic rings. The Kier molecular flexibility index (Phi) is 6.93. The van der Waals surface area contributed by atoms with E-state index >= 15 is 0 Å². The van der Waals surface area contributed by atoms with Crippen LogP contribution in [0.3, 0.4) is 0 Å². The molecule has 5 rings (SSSR count). The van der Waals surface area contributed by atoms with Crippen molar-refractivity contribution in [2.45, 2.75) is 62.6 Å². The van der Waals surface area contributed by atoms with Crippen LogP contribution in [0.1, 0.15) is 49.5 Å². The molecule has 2 aliphatic heterocycles. The number of pyridine rings is 1. The number of anilines is 1. The summed E-state index contributed by atoms with van der Waals surface area (Å²) >= 11 is 5.98. The van der Waals surface area contributed by atoms with Gasteiger partial charge < -0.3 is 20.1 Å². The number of carbonyl (C=O) groups excluding carboxylic acids is 2. The minimum atomic E-state index is -4.53. The summed E-state index contributed by atoms with van der Waals surface area (Å²) < 4.78 is 44.2. The molecule has 1 aromatic heterocycles. The third-order valence-electron chi connectivity index (χ3n) is 7.20. The molecule has 2 N–H and O–H groups in total. The van der Waals surface area contributed by atoms with Crippen LogP contribution in [0.5, 0.6) is 5.75 Å². The van der Waals surface area contributed by atoms with E-state index in [-0.39, 0.29) is 30.4 Å². The Morgan fingerprint density at radius 1 is 1.14 bits per heavy atom. The maximum Gasteiger partial charge on any atom is 0.433 e. The van der Waals surface area contributed by atoms with Crippen LogP contribution >= 0.6 is 11.6 Å². The Bertz CT molecular complexity index is 1170. The Morgan fingerprint density at radius 2 is 1.89 bits per heavy atom. The molecule has 12 heteroatoms. The number of fused-ring (bicyclic) bond motifs is 1. The number of aliphatic hydroxyl groups excluding tert-OH is 1. The van der Waals surface area contributed by atoms with Crippen LogP contribution in [0.15, 0.2) is 36.5 Å². The van der Waals surface area contributed by atoms with E-state index in [4.69, 9.17) is 16.3 Å². The summed E-state index contributed by atoms with van der Waals surface area (Å²) in [5.74, 6) is 0.147. The molecule has 0 bridgehead atoms. The molecule has 2 fully saturated rings. The number of hydrogen-bond acceptors (Lipinski definition) is 5. The van der Waals surface area contributed by atoms with Gasteiger partial charge in [-0.05, 0) is 56.0 Å². The van der Waals surface area contributed by atoms with E-state index in [0.717, 1.165) is 12.3 Å². The van der Waals surface area contributed by atoms with Crippen LogP contribution in [0, 0.1) is 0 Å². The van der Waals surface area contributed by atoms with E-state index in [1.54, 1.807) is 23.1 Å². The molecule has 0 unspecified atom stereocenters. The van der Waals surface area contributed by atoms with Gasteiger partial charge in [-0.25, -0.2) is 9.78 Å². The molecule has 2 atom stereocenters. The first kappa shape index (κ1) is 25.6. The zero-order valence-electron chi connectivity index (χ0n) is 19.7. The van der Waals surface area contributed by atoms with Crippen LogP contribution in [-0.2, 0) is 11.0 Å². The molecule has 1 saturated carbocycles. The van der Waals surface area contributed by atoms with Crippen LogP contribution in [0.2, 0.25) is 5.02 Å². The summed E-state index contributed by atoms with van der Waals surface area (Å²) in [5.41, 5.74) is -0.102. The van der Waals surface area contributed by atoms with E-state index in [0.29, 0.717) is 60.8 Å². The second-order valence-electron chi connectivity index (χ2n) is 9.58. The number of ether oxygens (including phenoxy) is 1. The van der Waals surface area contributed by atoms with Crippen LogP contribution < -0.4 is 15.0 Å². The van der Waals surface area contributed by atoms with E-state index in [1.807, 2.05) is 0 Å². The normalized spacial score (nSPS) is 26.0. The molecule has 3 heterocycles. The highest BCUT2D eigenvalue weighted by Crippen LogP contribution is 2.37. The summed E-state index contributed by atoms with van der Waals surface area (Å²) in [6.45, 7) is 0.843. The van der Waals surface area contributed by atoms with Gasteiger partial charge >= 0.3 is 12.2 Å². The Balaban J connectivity index is 1.13. The molecule has 3 amide bonds. The number of nitrogens with zero attached hydrogens (tertiary/aromatic N) is 3. The number of amides is 3. The number of aromatic nitrogens is 1. The van der Waals surface area contributed by atoms with Crippen molar-refractivity contribution in [3.63, 3.8) is 0 Å². The highest BCUT2D eigenvalue weighted by Gasteiger charge is 2.39. The fourth-order valence-corrected chi connectivity index (χ4v) is 5.43. The first-order valence-electron chi connectivity index (χ1n) is 12.2. The van der Waals surface area contributed by atoms with Crippen LogP contribution in [0.25, 0.3) is 0 Å². The average molecular weight is 539 g/mol. The molecular formula is C25H26ClF3N4O4. The Morgan fingerprint density at radius 3 is 2.57 bits per heavy atom. The van der Waals surface area contributed by atoms with Crippen molar-refractivity contribution in [1.82, 2.24) is 15.2 Å². The number of aliphatic hydroxyl groups is 1. The van der Waals surface area contributed by atoms with E-state index < -0.39 is 24.1 Å². The monoisotopic (exact) mass is 538 g/mol. The molecule has 1 aromatic carbocycles. The molecule has 198 valence electrons. The van der Waals surface area contributed by atoms with Gasteiger partial charge in [-0.2, -0.15) is 13.2 Å². The second kappa shape index (κ2) is 10.0. The summed E-state index contributed by atoms with van der Waals surface area (Å²) in [6.07, 6.45) is -2.27. The van der Waals surface area contributed by atoms with Gasteiger partial charge in [0.2, 0.25) is 0 Å². The third-order valence-corrected chi connectivity index (χ3v) is 7.44. The summed E-state index contributed by atoms with van der Waals surface area (Å²) in [7, 11) is 0. The zero-order chi connectivity index (χ0) is 26.3. The number of nitrogens with one attached hydrogen (secondary N) is 1. The molecule has 2 aromatic rings. The minimum absolute atomic E-state index is 0.0163. The van der Waals surface area contributed by atoms with Gasteiger partial charge in [-0.15, -0.1) is 0 Å². The van der Waals surface area contributed by atoms with Crippen molar-refractivity contribution in [2.24, 2.45) is 0 Å². The number of urea groups is 1. The van der Waals surface area contributed by atoms with Crippen molar-refractivity contribution in [3.05, 3.63) is 52.8 Å². The summed E-state index contributed by atoms with van der Waals surface area (Å²) in [4.78, 5) is 32.5. The zero-order valence-corrected chi connectivity index (χ0v) is 20.5. The molecule has 0 spiro atoms. The smallest absolute Gasteiger partial charge is 0.433 e. The number of hydrogen-bond donors (Lipinski definition) is 2. The van der Waals surface area contributed by atoms with Crippen LogP contribution in [-0.4, -0.2) is 58.2 Å². The van der Waals surface area contributed by atoms with Crippen molar-refractivity contribution in [2.75, 3.05) is 18.0 Å². The maximum atomic E-state index is 13.0. The van der Waals surface area contributed by atoms with Crippen molar-refractivity contribution in [3.8, 4) is 5.75 Å². The van der Waals surface area contributed by atoms with Gasteiger partial charge in [0.05, 0.1) is 18.0 Å². The Hall–Kier alpha value is -3.05. The standard InChI is InChI=1S/C25H26ClF3N4O4/c26-14-1-7-20-18(11-14)19(34)12-21(37-20)23(35)31-15-2-4-16(5-3-15)32-9-10-33(24(32)36)17-6-8-22(30-13-17)25(27,28)29/h1,6-8,11,13,15-16,19,21,34H,2-5,9-10,12H2,(H,31,35)/t15-,16-,19-,21-/m1/s1. The number of alkyl halides is 3. The largest absolute Gasteiger partial charge is 0.480 e. The van der Waals surface area contributed by atoms with E-state index in [2.05, 4.69) is 10.3 Å². The molecular weight excluding hydrogens is 513 g/mol. The quantitative estimate of drug-likeness (QED) is 0.605. The molecule has 0 radical (unpaired) electrons. The lowest BCUT2D eigenvalue weighted by Gasteiger charge is -2.35. The first-order valence-corrected chi connectivity index (χ1v) is 12.5. The van der Waals surface area contributed by atoms with E-state index in [1.165, 1.54) is 11.0 Å². The van der Waals surface area contributed by atoms with Gasteiger partial charge in [0.1, 0.15) is 11.4 Å². The fraction of sp³-hybridized carbons (Fsp3) is 0.480. The number of halogens is 4. The van der Waals surface area contributed by atoms with E-state index in [9.17, 15) is 27.9 Å². The third kappa shape index (κ3) is 5.33. The van der Waals surface area contributed by atoms with Crippen LogP contribution in [0.4, 0.5) is 23.7 Å². The second-order valence-corrected chi connectivity index (χ2v) is 10.0. The number of carbonyl (C=O) groups is 2. The number of benzene rings is 1. The van der Waals surface area contributed by atoms with Crippen molar-refractivity contribution in [1.29, 1.82) is 0 Å². The molecule has 1 saturated heterocycles. The topological polar surface area (TPSA) is 95.0 Å². The van der Waals surface area contributed by atoms with Gasteiger partial charge in [0, 0.05) is 42.2 Å². The summed E-state index contributed by atoms with van der Waals surface area (Å²) in [5, 5.41) is 13.9. The highest BCUT2D eigenvalue weighted by molar-refractivity contribution is 6.30. The fourth-order valence-electron chi connectivity index (χ4n) is 5.25. The lowest BCUT2D eigenvalue weighted by atomic mass is 9.90. The number of rotatable bonds is 4. The van der Waals surface area contributed by atoms with Crippen molar-refractivity contribution < 1.29 is 32.6 Å². The predicted molar refractivity (Wildman–Crippen MR) is 128 cm³/mol.